The van der Waals surface area contributed by atoms with Gasteiger partial charge in [0.25, 0.3) is 5.91 Å². The fourth-order valence-electron chi connectivity index (χ4n) is 3.11. The van der Waals surface area contributed by atoms with E-state index in [-0.39, 0.29) is 24.5 Å². The number of nitrogens with zero attached hydrogens (tertiary/aromatic N) is 4. The largest absolute Gasteiger partial charge is 0.418 e. The van der Waals surface area contributed by atoms with Crippen LogP contribution in [0.2, 0.25) is 0 Å². The van der Waals surface area contributed by atoms with Crippen LogP contribution in [0.1, 0.15) is 35.5 Å². The predicted molar refractivity (Wildman–Crippen MR) is 85.4 cm³/mol. The van der Waals surface area contributed by atoms with Crippen molar-refractivity contribution >= 4 is 17.5 Å². The lowest BCUT2D eigenvalue weighted by atomic mass is 9.86. The Kier molecular flexibility index (Phi) is 4.01. The summed E-state index contributed by atoms with van der Waals surface area (Å²) in [7, 11) is 0. The van der Waals surface area contributed by atoms with E-state index in [1.54, 1.807) is 19.9 Å². The van der Waals surface area contributed by atoms with Gasteiger partial charge in [0.2, 0.25) is 5.91 Å². The number of carbonyl (C=O) groups excluding carboxylic acids is 2. The molecule has 0 fully saturated rings. The second kappa shape index (κ2) is 5.82. The molecule has 138 valence electrons. The number of carbonyl (C=O) groups is 2. The Labute approximate surface area is 146 Å². The van der Waals surface area contributed by atoms with Crippen molar-refractivity contribution in [3.63, 3.8) is 0 Å². The van der Waals surface area contributed by atoms with Crippen molar-refractivity contribution < 1.29 is 22.8 Å². The number of fused-ring (bicyclic) bond motifs is 1. The summed E-state index contributed by atoms with van der Waals surface area (Å²) < 4.78 is 41.4. The lowest BCUT2D eigenvalue weighted by molar-refractivity contribution is -0.137. The van der Waals surface area contributed by atoms with Gasteiger partial charge in [-0.15, -0.1) is 5.10 Å². The van der Waals surface area contributed by atoms with Gasteiger partial charge in [-0.1, -0.05) is 31.2 Å². The second-order valence-electron chi connectivity index (χ2n) is 6.74. The van der Waals surface area contributed by atoms with Crippen LogP contribution in [-0.4, -0.2) is 33.4 Å². The van der Waals surface area contributed by atoms with Crippen molar-refractivity contribution in [2.24, 2.45) is 5.73 Å². The summed E-state index contributed by atoms with van der Waals surface area (Å²) >= 11 is 0. The number of amides is 2. The lowest BCUT2D eigenvalue weighted by Gasteiger charge is -2.21. The highest BCUT2D eigenvalue weighted by Gasteiger charge is 2.45. The number of hydrogen-bond acceptors (Lipinski definition) is 4. The molecule has 1 aromatic heterocycles. The third-order valence-electron chi connectivity index (χ3n) is 4.21. The molecule has 2 aromatic rings. The monoisotopic (exact) mass is 367 g/mol. The maximum absolute atomic E-state index is 13.5. The van der Waals surface area contributed by atoms with Crippen LogP contribution in [0.3, 0.4) is 0 Å². The minimum Gasteiger partial charge on any atom is -0.368 e. The number of hydrogen-bond donors (Lipinski definition) is 1. The Bertz CT molecular complexity index is 888. The molecule has 2 amide bonds. The molecule has 10 heteroatoms. The molecule has 0 aliphatic carbocycles. The van der Waals surface area contributed by atoms with Gasteiger partial charge < -0.3 is 10.6 Å². The first-order valence-corrected chi connectivity index (χ1v) is 7.72. The molecule has 7 nitrogen and oxygen atoms in total. The first-order valence-electron chi connectivity index (χ1n) is 7.72. The van der Waals surface area contributed by atoms with E-state index < -0.39 is 29.0 Å². The van der Waals surface area contributed by atoms with Crippen LogP contribution in [0.5, 0.6) is 0 Å². The average Bonchev–Trinajstić information content (AvgIpc) is 3.08. The summed E-state index contributed by atoms with van der Waals surface area (Å²) in [6.45, 7) is 3.32. The Morgan fingerprint density at radius 2 is 2.00 bits per heavy atom. The number of primary amides is 1. The van der Waals surface area contributed by atoms with E-state index in [9.17, 15) is 22.8 Å². The zero-order chi connectivity index (χ0) is 19.3. The molecular weight excluding hydrogens is 351 g/mol. The average molecular weight is 367 g/mol. The quantitative estimate of drug-likeness (QED) is 0.894. The standard InChI is InChI=1S/C16H16F3N5O2/c1-15(2)8-24(13-9(15)4-3-5-10(13)16(17,18)19)14(26)11-6-23(22-21-11)7-12(20)25/h3-6H,7-8H2,1-2H3,(H2,20,25). The summed E-state index contributed by atoms with van der Waals surface area (Å²) in [6.07, 6.45) is -3.41. The third kappa shape index (κ3) is 3.02. The molecular formula is C16H16F3N5O2. The van der Waals surface area contributed by atoms with E-state index in [4.69, 9.17) is 5.73 Å². The van der Waals surface area contributed by atoms with E-state index in [0.29, 0.717) is 5.56 Å². The van der Waals surface area contributed by atoms with Gasteiger partial charge in [0, 0.05) is 12.0 Å². The number of anilines is 1. The van der Waals surface area contributed by atoms with Crippen molar-refractivity contribution in [2.75, 3.05) is 11.4 Å². The summed E-state index contributed by atoms with van der Waals surface area (Å²) in [5, 5.41) is 7.27. The van der Waals surface area contributed by atoms with Crippen LogP contribution in [0.15, 0.2) is 24.4 Å². The molecule has 2 heterocycles. The van der Waals surface area contributed by atoms with Gasteiger partial charge in [-0.2, -0.15) is 13.2 Å². The maximum atomic E-state index is 13.5. The van der Waals surface area contributed by atoms with Gasteiger partial charge in [0.15, 0.2) is 5.69 Å². The van der Waals surface area contributed by atoms with Gasteiger partial charge >= 0.3 is 6.18 Å². The molecule has 0 radical (unpaired) electrons. The summed E-state index contributed by atoms with van der Waals surface area (Å²) in [4.78, 5) is 24.8. The number of nitrogens with two attached hydrogens (primary N) is 1. The number of alkyl halides is 3. The first kappa shape index (κ1) is 17.9. The SMILES string of the molecule is CC1(C)CN(C(=O)c2cn(CC(N)=O)nn2)c2c(C(F)(F)F)cccc21. The first-order chi connectivity index (χ1) is 12.0. The molecule has 1 aromatic carbocycles. The van der Waals surface area contributed by atoms with Crippen LogP contribution < -0.4 is 10.6 Å². The molecule has 1 aliphatic rings. The molecule has 0 saturated carbocycles. The normalized spacial score (nSPS) is 15.8. The minimum absolute atomic E-state index is 0.0664. The van der Waals surface area contributed by atoms with Crippen molar-refractivity contribution in [1.29, 1.82) is 0 Å². The Morgan fingerprint density at radius 3 is 2.62 bits per heavy atom. The number of halogens is 3. The Morgan fingerprint density at radius 1 is 1.31 bits per heavy atom. The van der Waals surface area contributed by atoms with Gasteiger partial charge in [0.1, 0.15) is 6.54 Å². The van der Waals surface area contributed by atoms with E-state index in [0.717, 1.165) is 15.6 Å². The third-order valence-corrected chi connectivity index (χ3v) is 4.21. The molecule has 0 bridgehead atoms. The number of benzene rings is 1. The topological polar surface area (TPSA) is 94.1 Å². The zero-order valence-electron chi connectivity index (χ0n) is 14.0. The van der Waals surface area contributed by atoms with E-state index >= 15 is 0 Å². The van der Waals surface area contributed by atoms with Crippen molar-refractivity contribution in [3.05, 3.63) is 41.2 Å². The molecule has 3 rings (SSSR count). The van der Waals surface area contributed by atoms with Crippen molar-refractivity contribution in [1.82, 2.24) is 15.0 Å². The van der Waals surface area contributed by atoms with Gasteiger partial charge in [-0.3, -0.25) is 9.59 Å². The van der Waals surface area contributed by atoms with E-state index in [1.807, 2.05) is 0 Å². The van der Waals surface area contributed by atoms with Crippen molar-refractivity contribution in [2.45, 2.75) is 32.0 Å². The highest BCUT2D eigenvalue weighted by atomic mass is 19.4. The Hall–Kier alpha value is -2.91. The van der Waals surface area contributed by atoms with Crippen LogP contribution in [0, 0.1) is 0 Å². The smallest absolute Gasteiger partial charge is 0.368 e. The van der Waals surface area contributed by atoms with Crippen LogP contribution in [0.25, 0.3) is 0 Å². The zero-order valence-corrected chi connectivity index (χ0v) is 14.0. The fourth-order valence-corrected chi connectivity index (χ4v) is 3.11. The summed E-state index contributed by atoms with van der Waals surface area (Å²) in [5.41, 5.74) is 3.62. The molecule has 0 spiro atoms. The minimum atomic E-state index is -4.60. The second-order valence-corrected chi connectivity index (χ2v) is 6.74. The van der Waals surface area contributed by atoms with Gasteiger partial charge in [-0.25, -0.2) is 4.68 Å². The summed E-state index contributed by atoms with van der Waals surface area (Å²) in [6, 6.07) is 3.87. The molecule has 26 heavy (non-hydrogen) atoms. The maximum Gasteiger partial charge on any atom is 0.418 e. The van der Waals surface area contributed by atoms with Crippen LogP contribution in [-0.2, 0) is 22.9 Å². The van der Waals surface area contributed by atoms with Crippen LogP contribution >= 0.6 is 0 Å². The van der Waals surface area contributed by atoms with Gasteiger partial charge in [0.05, 0.1) is 17.4 Å². The van der Waals surface area contributed by atoms with Crippen molar-refractivity contribution in [3.8, 4) is 0 Å². The number of rotatable bonds is 3. The number of para-hydroxylation sites is 1. The molecule has 2 N–H and O–H groups in total. The highest BCUT2D eigenvalue weighted by molar-refractivity contribution is 6.07. The van der Waals surface area contributed by atoms with E-state index in [1.165, 1.54) is 12.3 Å². The number of aromatic nitrogens is 3. The molecule has 1 aliphatic heterocycles. The van der Waals surface area contributed by atoms with E-state index in [2.05, 4.69) is 10.3 Å². The van der Waals surface area contributed by atoms with Gasteiger partial charge in [-0.05, 0) is 11.6 Å². The fraction of sp³-hybridized carbons (Fsp3) is 0.375. The Balaban J connectivity index is 2.05. The molecule has 0 atom stereocenters. The lowest BCUT2D eigenvalue weighted by Crippen LogP contribution is -2.35. The summed E-state index contributed by atoms with van der Waals surface area (Å²) in [5.74, 6) is -1.40. The van der Waals surface area contributed by atoms with Crippen LogP contribution in [0.4, 0.5) is 18.9 Å². The molecule has 0 unspecified atom stereocenters. The molecule has 0 saturated heterocycles. The predicted octanol–water partition coefficient (Wildman–Crippen LogP) is 1.72. The highest BCUT2D eigenvalue weighted by Crippen LogP contribution is 2.47.